The first-order valence-corrected chi connectivity index (χ1v) is 10.9. The summed E-state index contributed by atoms with van der Waals surface area (Å²) in [6, 6.07) is 10.9. The zero-order chi connectivity index (χ0) is 24.6. The third-order valence-electron chi connectivity index (χ3n) is 6.04. The van der Waals surface area contributed by atoms with Gasteiger partial charge >= 0.3 is 0 Å². The Morgan fingerprint density at radius 2 is 1.76 bits per heavy atom. The molecule has 0 unspecified atom stereocenters. The van der Waals surface area contributed by atoms with E-state index >= 15 is 0 Å². The first-order valence-electron chi connectivity index (χ1n) is 10.6. The fourth-order valence-corrected chi connectivity index (χ4v) is 4.38. The van der Waals surface area contributed by atoms with E-state index in [1.807, 2.05) is 13.0 Å². The van der Waals surface area contributed by atoms with E-state index in [0.29, 0.717) is 17.9 Å². The van der Waals surface area contributed by atoms with Crippen LogP contribution in [0.2, 0.25) is 5.02 Å². The van der Waals surface area contributed by atoms with Crippen molar-refractivity contribution >= 4 is 40.8 Å². The topological polar surface area (TPSA) is 118 Å². The summed E-state index contributed by atoms with van der Waals surface area (Å²) in [7, 11) is 0. The van der Waals surface area contributed by atoms with Crippen molar-refractivity contribution in [1.82, 2.24) is 10.0 Å². The molecule has 0 aromatic heterocycles. The van der Waals surface area contributed by atoms with E-state index in [-0.39, 0.29) is 16.8 Å². The predicted molar refractivity (Wildman–Crippen MR) is 122 cm³/mol. The Labute approximate surface area is 199 Å². The zero-order valence-electron chi connectivity index (χ0n) is 18.1. The summed E-state index contributed by atoms with van der Waals surface area (Å²) < 4.78 is 0. The predicted octanol–water partition coefficient (Wildman–Crippen LogP) is 3.83. The van der Waals surface area contributed by atoms with Crippen molar-refractivity contribution in [2.45, 2.75) is 19.8 Å². The highest BCUT2D eigenvalue weighted by Gasteiger charge is 2.51. The smallest absolute Gasteiger partial charge is 0.273 e. The first-order chi connectivity index (χ1) is 16.2. The van der Waals surface area contributed by atoms with E-state index in [4.69, 9.17) is 11.6 Å². The van der Waals surface area contributed by atoms with Crippen LogP contribution in [0.3, 0.4) is 0 Å². The van der Waals surface area contributed by atoms with Gasteiger partial charge in [0, 0.05) is 28.3 Å². The van der Waals surface area contributed by atoms with Gasteiger partial charge in [-0.1, -0.05) is 35.4 Å². The molecule has 0 saturated carbocycles. The largest absolute Gasteiger partial charge is 0.292 e. The number of amides is 3. The van der Waals surface area contributed by atoms with Gasteiger partial charge in [0.1, 0.15) is 6.54 Å². The highest BCUT2D eigenvalue weighted by molar-refractivity contribution is 6.30. The number of nitrogens with zero attached hydrogens (tertiary/aromatic N) is 3. The Bertz CT molecular complexity index is 1240. The lowest BCUT2D eigenvalue weighted by molar-refractivity contribution is -0.384. The molecule has 0 spiro atoms. The molecule has 1 aliphatic heterocycles. The molecule has 1 fully saturated rings. The SMILES string of the molecule is CC1=CC[C@@H]2C(=O)N(N(CC(=O)c3cccc([N+](=O)[O-])c3)C(=O)c3ccc(Cl)cc3)C(=O)[C@H]2C1. The average Bonchev–Trinajstić information content (AvgIpc) is 3.06. The molecule has 2 aliphatic rings. The molecule has 10 heteroatoms. The standard InChI is InChI=1S/C24H20ClN3O6/c1-14-5-10-19-20(11-14)24(32)27(23(19)31)26(22(30)15-6-8-17(25)9-7-15)13-21(29)16-3-2-4-18(12-16)28(33)34/h2-9,12,19-20H,10-11,13H2,1H3/t19-,20-/m0/s1. The van der Waals surface area contributed by atoms with Crippen LogP contribution in [-0.4, -0.2) is 45.0 Å². The molecule has 174 valence electrons. The normalized spacial score (nSPS) is 19.5. The number of benzene rings is 2. The van der Waals surface area contributed by atoms with Crippen molar-refractivity contribution in [2.24, 2.45) is 11.8 Å². The number of carbonyl (C=O) groups is 4. The fraction of sp³-hybridized carbons (Fsp3) is 0.250. The lowest BCUT2D eigenvalue weighted by Crippen LogP contribution is -2.52. The molecule has 1 aliphatic carbocycles. The van der Waals surface area contributed by atoms with Crippen molar-refractivity contribution in [3.05, 3.63) is 86.4 Å². The molecule has 1 heterocycles. The van der Waals surface area contributed by atoms with Gasteiger partial charge in [-0.25, -0.2) is 5.01 Å². The number of ketones is 1. The van der Waals surface area contributed by atoms with Crippen LogP contribution in [0.25, 0.3) is 0 Å². The second-order valence-corrected chi connectivity index (χ2v) is 8.73. The number of imide groups is 1. The van der Waals surface area contributed by atoms with Crippen molar-refractivity contribution in [3.63, 3.8) is 0 Å². The quantitative estimate of drug-likeness (QED) is 0.203. The summed E-state index contributed by atoms with van der Waals surface area (Å²) in [5.41, 5.74) is 0.799. The summed E-state index contributed by atoms with van der Waals surface area (Å²) in [6.07, 6.45) is 2.67. The van der Waals surface area contributed by atoms with Crippen LogP contribution in [0, 0.1) is 22.0 Å². The first kappa shape index (κ1) is 23.3. The van der Waals surface area contributed by atoms with Crippen LogP contribution in [0.5, 0.6) is 0 Å². The van der Waals surface area contributed by atoms with Gasteiger partial charge in [0.2, 0.25) is 0 Å². The Kier molecular flexibility index (Phi) is 6.30. The minimum Gasteiger partial charge on any atom is -0.292 e. The summed E-state index contributed by atoms with van der Waals surface area (Å²) >= 11 is 5.91. The minimum absolute atomic E-state index is 0.0165. The molecular formula is C24H20ClN3O6. The van der Waals surface area contributed by atoms with Gasteiger partial charge in [-0.05, 0) is 44.0 Å². The maximum absolute atomic E-state index is 13.4. The Morgan fingerprint density at radius 3 is 2.44 bits per heavy atom. The van der Waals surface area contributed by atoms with Crippen LogP contribution in [0.15, 0.2) is 60.2 Å². The molecule has 0 radical (unpaired) electrons. The lowest BCUT2D eigenvalue weighted by Gasteiger charge is -2.30. The third kappa shape index (κ3) is 4.34. The van der Waals surface area contributed by atoms with E-state index in [9.17, 15) is 29.3 Å². The van der Waals surface area contributed by atoms with Crippen LogP contribution in [0.4, 0.5) is 5.69 Å². The van der Waals surface area contributed by atoms with Crippen LogP contribution in [0.1, 0.15) is 40.5 Å². The maximum Gasteiger partial charge on any atom is 0.273 e. The van der Waals surface area contributed by atoms with Crippen LogP contribution >= 0.6 is 11.6 Å². The highest BCUT2D eigenvalue weighted by atomic mass is 35.5. The summed E-state index contributed by atoms with van der Waals surface area (Å²) in [4.78, 5) is 63.4. The molecule has 0 N–H and O–H groups in total. The Hall–Kier alpha value is -3.85. The van der Waals surface area contributed by atoms with Crippen molar-refractivity contribution in [3.8, 4) is 0 Å². The maximum atomic E-state index is 13.4. The second kappa shape index (κ2) is 9.18. The monoisotopic (exact) mass is 481 g/mol. The molecule has 34 heavy (non-hydrogen) atoms. The number of carbonyl (C=O) groups excluding carboxylic acids is 4. The molecule has 3 amide bonds. The molecule has 2 aromatic rings. The van der Waals surface area contributed by atoms with Crippen LogP contribution < -0.4 is 0 Å². The van der Waals surface area contributed by atoms with Gasteiger partial charge in [0.15, 0.2) is 5.78 Å². The molecule has 1 saturated heterocycles. The molecule has 2 aromatic carbocycles. The van der Waals surface area contributed by atoms with Crippen molar-refractivity contribution < 1.29 is 24.1 Å². The zero-order valence-corrected chi connectivity index (χ0v) is 18.9. The molecule has 9 nitrogen and oxygen atoms in total. The number of halogens is 1. The third-order valence-corrected chi connectivity index (χ3v) is 6.29. The molecule has 2 atom stereocenters. The molecule has 0 bridgehead atoms. The second-order valence-electron chi connectivity index (χ2n) is 8.29. The van der Waals surface area contributed by atoms with Gasteiger partial charge < -0.3 is 0 Å². The van der Waals surface area contributed by atoms with E-state index in [0.717, 1.165) is 21.7 Å². The number of nitro benzene ring substituents is 1. The van der Waals surface area contributed by atoms with E-state index < -0.39 is 46.8 Å². The lowest BCUT2D eigenvalue weighted by atomic mass is 9.82. The molecular weight excluding hydrogens is 462 g/mol. The average molecular weight is 482 g/mol. The number of hydrogen-bond donors (Lipinski definition) is 0. The van der Waals surface area contributed by atoms with Gasteiger partial charge in [-0.3, -0.25) is 29.3 Å². The number of non-ortho nitro benzene ring substituents is 1. The number of hydrogen-bond acceptors (Lipinski definition) is 6. The molecule has 4 rings (SSSR count). The van der Waals surface area contributed by atoms with E-state index in [1.54, 1.807) is 0 Å². The highest BCUT2D eigenvalue weighted by Crippen LogP contribution is 2.38. The minimum atomic E-state index is -0.736. The van der Waals surface area contributed by atoms with E-state index in [2.05, 4.69) is 0 Å². The number of rotatable bonds is 6. The number of nitro groups is 1. The fourth-order valence-electron chi connectivity index (χ4n) is 4.25. The Balaban J connectivity index is 1.70. The van der Waals surface area contributed by atoms with Gasteiger partial charge in [0.05, 0.1) is 16.8 Å². The number of hydrazine groups is 1. The van der Waals surface area contributed by atoms with Gasteiger partial charge in [0.25, 0.3) is 23.4 Å². The van der Waals surface area contributed by atoms with Crippen LogP contribution in [-0.2, 0) is 9.59 Å². The number of fused-ring (bicyclic) bond motifs is 1. The van der Waals surface area contributed by atoms with Crippen molar-refractivity contribution in [1.29, 1.82) is 0 Å². The van der Waals surface area contributed by atoms with Gasteiger partial charge in [-0.2, -0.15) is 5.01 Å². The van der Waals surface area contributed by atoms with Gasteiger partial charge in [-0.15, -0.1) is 0 Å². The number of Topliss-reactive ketones (excluding diaryl/α,β-unsaturated/α-hetero) is 1. The Morgan fingerprint density at radius 1 is 1.09 bits per heavy atom. The summed E-state index contributed by atoms with van der Waals surface area (Å²) in [5, 5.41) is 13.1. The number of allylic oxidation sites excluding steroid dienone is 2. The summed E-state index contributed by atoms with van der Waals surface area (Å²) in [5.74, 6) is -3.70. The summed E-state index contributed by atoms with van der Waals surface area (Å²) in [6.45, 7) is 1.23. The van der Waals surface area contributed by atoms with E-state index in [1.165, 1.54) is 42.5 Å². The van der Waals surface area contributed by atoms with Crippen molar-refractivity contribution in [2.75, 3.05) is 6.54 Å².